The van der Waals surface area contributed by atoms with Crippen molar-refractivity contribution >= 4 is 17.4 Å². The highest BCUT2D eigenvalue weighted by Gasteiger charge is 2.26. The molecule has 1 fully saturated rings. The van der Waals surface area contributed by atoms with Crippen LogP contribution in [0.4, 0.5) is 5.82 Å². The molecule has 21 heavy (non-hydrogen) atoms. The zero-order valence-electron chi connectivity index (χ0n) is 12.2. The van der Waals surface area contributed by atoms with Crippen molar-refractivity contribution in [2.75, 3.05) is 18.0 Å². The highest BCUT2D eigenvalue weighted by atomic mass is 16.4. The molecule has 0 radical (unpaired) electrons. The minimum absolute atomic E-state index is 0.232. The molecular weight excluding hydrogens is 270 g/mol. The number of carboxylic acid groups (broad SMARTS) is 1. The number of nitrogens with zero attached hydrogens (tertiary/aromatic N) is 5. The maximum absolute atomic E-state index is 11.2. The normalized spacial score (nSPS) is 19.4. The van der Waals surface area contributed by atoms with Crippen LogP contribution in [0.25, 0.3) is 5.65 Å². The fraction of sp³-hybridized carbons (Fsp3) is 0.571. The number of aromatic nitrogens is 4. The summed E-state index contributed by atoms with van der Waals surface area (Å²) in [5.41, 5.74) is 0.717. The molecular formula is C14H19N5O2. The zero-order chi connectivity index (χ0) is 15.0. The molecule has 7 nitrogen and oxygen atoms in total. The number of fused-ring (bicyclic) bond motifs is 1. The quantitative estimate of drug-likeness (QED) is 0.923. The minimum atomic E-state index is -0.729. The van der Waals surface area contributed by atoms with Gasteiger partial charge < -0.3 is 10.0 Å². The summed E-state index contributed by atoms with van der Waals surface area (Å²) in [6.07, 6.45) is 1.61. The molecule has 112 valence electrons. The van der Waals surface area contributed by atoms with Crippen LogP contribution in [0.2, 0.25) is 0 Å². The Morgan fingerprint density at radius 1 is 1.38 bits per heavy atom. The fourth-order valence-electron chi connectivity index (χ4n) is 2.71. The average Bonchev–Trinajstić information content (AvgIpc) is 2.90. The molecule has 7 heteroatoms. The third-order valence-corrected chi connectivity index (χ3v) is 3.88. The van der Waals surface area contributed by atoms with Gasteiger partial charge in [0, 0.05) is 19.0 Å². The van der Waals surface area contributed by atoms with Gasteiger partial charge in [-0.05, 0) is 25.0 Å². The van der Waals surface area contributed by atoms with Crippen LogP contribution in [0, 0.1) is 5.92 Å². The van der Waals surface area contributed by atoms with Crippen LogP contribution in [-0.4, -0.2) is 44.0 Å². The van der Waals surface area contributed by atoms with Gasteiger partial charge >= 0.3 is 5.97 Å². The average molecular weight is 289 g/mol. The van der Waals surface area contributed by atoms with E-state index in [-0.39, 0.29) is 11.8 Å². The molecule has 1 aliphatic heterocycles. The maximum Gasteiger partial charge on any atom is 0.308 e. The minimum Gasteiger partial charge on any atom is -0.481 e. The molecule has 1 N–H and O–H groups in total. The van der Waals surface area contributed by atoms with Gasteiger partial charge in [0.2, 0.25) is 0 Å². The topological polar surface area (TPSA) is 83.6 Å². The van der Waals surface area contributed by atoms with Crippen molar-refractivity contribution in [1.29, 1.82) is 0 Å². The predicted molar refractivity (Wildman–Crippen MR) is 77.4 cm³/mol. The van der Waals surface area contributed by atoms with E-state index < -0.39 is 5.97 Å². The number of carboxylic acids is 1. The molecule has 0 amide bonds. The van der Waals surface area contributed by atoms with Crippen LogP contribution in [-0.2, 0) is 4.79 Å². The van der Waals surface area contributed by atoms with Gasteiger partial charge in [0.1, 0.15) is 5.82 Å². The number of anilines is 1. The van der Waals surface area contributed by atoms with Crippen molar-refractivity contribution in [3.05, 3.63) is 18.0 Å². The summed E-state index contributed by atoms with van der Waals surface area (Å²) in [7, 11) is 0. The molecule has 0 bridgehead atoms. The largest absolute Gasteiger partial charge is 0.481 e. The second-order valence-corrected chi connectivity index (χ2v) is 5.80. The van der Waals surface area contributed by atoms with E-state index in [1.54, 1.807) is 4.52 Å². The van der Waals surface area contributed by atoms with Crippen LogP contribution in [0.3, 0.4) is 0 Å². The van der Waals surface area contributed by atoms with Gasteiger partial charge in [0.25, 0.3) is 0 Å². The van der Waals surface area contributed by atoms with Crippen LogP contribution in [0.15, 0.2) is 12.1 Å². The lowest BCUT2D eigenvalue weighted by Crippen LogP contribution is -2.39. The summed E-state index contributed by atoms with van der Waals surface area (Å²) in [5.74, 6) is 0.791. The zero-order valence-corrected chi connectivity index (χ0v) is 12.2. The number of carbonyl (C=O) groups is 1. The lowest BCUT2D eigenvalue weighted by molar-refractivity contribution is -0.141. The van der Waals surface area contributed by atoms with E-state index >= 15 is 0 Å². The van der Waals surface area contributed by atoms with Gasteiger partial charge in [-0.3, -0.25) is 4.79 Å². The van der Waals surface area contributed by atoms with Crippen LogP contribution in [0.5, 0.6) is 0 Å². The molecule has 2 aromatic rings. The van der Waals surface area contributed by atoms with Crippen molar-refractivity contribution in [3.8, 4) is 0 Å². The molecule has 1 atom stereocenters. The van der Waals surface area contributed by atoms with Gasteiger partial charge in [-0.25, -0.2) is 0 Å². The Morgan fingerprint density at radius 3 is 2.90 bits per heavy atom. The molecule has 0 spiro atoms. The van der Waals surface area contributed by atoms with Gasteiger partial charge in [-0.2, -0.15) is 4.52 Å². The van der Waals surface area contributed by atoms with Gasteiger partial charge in [-0.15, -0.1) is 15.3 Å². The summed E-state index contributed by atoms with van der Waals surface area (Å²) in [5, 5.41) is 22.1. The van der Waals surface area contributed by atoms with Gasteiger partial charge in [-0.1, -0.05) is 13.8 Å². The third kappa shape index (κ3) is 2.55. The molecule has 0 unspecified atom stereocenters. The molecule has 2 aromatic heterocycles. The Hall–Kier alpha value is -2.18. The lowest BCUT2D eigenvalue weighted by Gasteiger charge is -2.31. The Balaban J connectivity index is 1.93. The molecule has 3 rings (SSSR count). The Morgan fingerprint density at radius 2 is 2.19 bits per heavy atom. The maximum atomic E-state index is 11.2. The van der Waals surface area contributed by atoms with Crippen molar-refractivity contribution in [2.45, 2.75) is 32.6 Å². The van der Waals surface area contributed by atoms with E-state index in [2.05, 4.69) is 15.3 Å². The van der Waals surface area contributed by atoms with E-state index in [9.17, 15) is 9.90 Å². The molecule has 1 aliphatic rings. The number of hydrogen-bond acceptors (Lipinski definition) is 5. The standard InChI is InChI=1S/C14H19N5O2/c1-9(2)13-16-15-11-5-6-12(17-19(11)13)18-7-3-4-10(8-18)14(20)21/h5-6,9-10H,3-4,7-8H2,1-2H3,(H,20,21)/t10-/m0/s1. The SMILES string of the molecule is CC(C)c1nnc2ccc(N3CCC[C@H](C(=O)O)C3)nn12. The van der Waals surface area contributed by atoms with E-state index in [1.807, 2.05) is 30.9 Å². The summed E-state index contributed by atoms with van der Waals surface area (Å²) in [6, 6.07) is 3.77. The van der Waals surface area contributed by atoms with Crippen LogP contribution < -0.4 is 4.90 Å². The molecule has 0 saturated carbocycles. The molecule has 0 aromatic carbocycles. The summed E-state index contributed by atoms with van der Waals surface area (Å²) >= 11 is 0. The van der Waals surface area contributed by atoms with Crippen molar-refractivity contribution in [3.63, 3.8) is 0 Å². The molecule has 3 heterocycles. The van der Waals surface area contributed by atoms with E-state index in [1.165, 1.54) is 0 Å². The summed E-state index contributed by atoms with van der Waals surface area (Å²) in [4.78, 5) is 13.2. The second-order valence-electron chi connectivity index (χ2n) is 5.80. The first-order valence-corrected chi connectivity index (χ1v) is 7.26. The fourth-order valence-corrected chi connectivity index (χ4v) is 2.71. The summed E-state index contributed by atoms with van der Waals surface area (Å²) in [6.45, 7) is 5.44. The first-order valence-electron chi connectivity index (χ1n) is 7.26. The Labute approximate surface area is 122 Å². The predicted octanol–water partition coefficient (Wildman–Crippen LogP) is 1.55. The van der Waals surface area contributed by atoms with Gasteiger partial charge in [0.15, 0.2) is 11.5 Å². The van der Waals surface area contributed by atoms with Crippen LogP contribution in [0.1, 0.15) is 38.4 Å². The number of rotatable bonds is 3. The van der Waals surface area contributed by atoms with Crippen molar-refractivity contribution in [2.24, 2.45) is 5.92 Å². The number of piperidine rings is 1. The van der Waals surface area contributed by atoms with Crippen molar-refractivity contribution in [1.82, 2.24) is 19.8 Å². The van der Waals surface area contributed by atoms with Crippen molar-refractivity contribution < 1.29 is 9.90 Å². The number of aliphatic carboxylic acids is 1. The third-order valence-electron chi connectivity index (χ3n) is 3.88. The molecule has 1 saturated heterocycles. The Kier molecular flexibility index (Phi) is 3.48. The second kappa shape index (κ2) is 5.31. The van der Waals surface area contributed by atoms with E-state index in [0.717, 1.165) is 31.0 Å². The van der Waals surface area contributed by atoms with E-state index in [0.29, 0.717) is 12.2 Å². The monoisotopic (exact) mass is 289 g/mol. The summed E-state index contributed by atoms with van der Waals surface area (Å²) < 4.78 is 1.75. The van der Waals surface area contributed by atoms with Gasteiger partial charge in [0.05, 0.1) is 5.92 Å². The Bertz CT molecular complexity index is 666. The highest BCUT2D eigenvalue weighted by molar-refractivity contribution is 5.71. The smallest absolute Gasteiger partial charge is 0.308 e. The lowest BCUT2D eigenvalue weighted by atomic mass is 9.98. The van der Waals surface area contributed by atoms with E-state index in [4.69, 9.17) is 0 Å². The highest BCUT2D eigenvalue weighted by Crippen LogP contribution is 2.22. The van der Waals surface area contributed by atoms with Crippen LogP contribution >= 0.6 is 0 Å². The first-order chi connectivity index (χ1) is 10.1. The molecule has 0 aliphatic carbocycles. The first kappa shape index (κ1) is 13.8. The number of hydrogen-bond donors (Lipinski definition) is 1.